The van der Waals surface area contributed by atoms with Crippen molar-refractivity contribution in [3.05, 3.63) is 182 Å². The predicted molar refractivity (Wildman–Crippen MR) is 491 cm³/mol. The molecular weight excluding hydrogens is 1510 g/mol. The number of carbonyl (C=O) groups excluding carboxylic acids is 3. The van der Waals surface area contributed by atoms with Crippen LogP contribution < -0.4 is 0 Å². The van der Waals surface area contributed by atoms with Crippen molar-refractivity contribution in [2.45, 2.75) is 386 Å². The average Bonchev–Trinajstić information content (AvgIpc) is 0.900. The third kappa shape index (κ3) is 91.2. The molecule has 0 bridgehead atoms. The molecule has 0 aromatic heterocycles. The number of hydrogen-bond acceptors (Lipinski definition) is 14. The van der Waals surface area contributed by atoms with Crippen LogP contribution in [0.4, 0.5) is 0 Å². The van der Waals surface area contributed by atoms with Gasteiger partial charge in [-0.25, -0.2) is 9.13 Å². The van der Waals surface area contributed by atoms with E-state index in [0.29, 0.717) is 25.7 Å². The zero-order valence-corrected chi connectivity index (χ0v) is 75.4. The molecule has 0 aliphatic carbocycles. The van der Waals surface area contributed by atoms with E-state index in [-0.39, 0.29) is 19.3 Å². The van der Waals surface area contributed by atoms with E-state index in [1.807, 2.05) is 12.2 Å². The highest BCUT2D eigenvalue weighted by atomic mass is 31.2. The predicted octanol–water partition coefficient (Wildman–Crippen LogP) is 28.4. The van der Waals surface area contributed by atoms with Gasteiger partial charge in [0.05, 0.1) is 26.4 Å². The number of carbonyl (C=O) groups is 3. The van der Waals surface area contributed by atoms with Crippen LogP contribution in [0.5, 0.6) is 0 Å². The molecule has 0 aromatic carbocycles. The minimum absolute atomic E-state index is 0.0225. The minimum Gasteiger partial charge on any atom is -0.463 e. The summed E-state index contributed by atoms with van der Waals surface area (Å²) in [4.78, 5) is 58.9. The highest BCUT2D eigenvalue weighted by Gasteiger charge is 2.29. The molecule has 16 nitrogen and oxygen atoms in total. The van der Waals surface area contributed by atoms with Crippen LogP contribution in [-0.2, 0) is 55.8 Å². The molecule has 4 N–H and O–H groups in total. The number of phosphoric acid groups is 2. The molecule has 0 spiro atoms. The molecule has 668 valence electrons. The maximum absolute atomic E-state index is 13.0. The third-order valence-electron chi connectivity index (χ3n) is 19.1. The maximum atomic E-state index is 13.0. The lowest BCUT2D eigenvalue weighted by Crippen LogP contribution is -2.30. The molecule has 0 heterocycles. The monoisotopic (exact) mass is 1670 g/mol. The Morgan fingerprint density at radius 1 is 0.239 bits per heavy atom. The summed E-state index contributed by atoms with van der Waals surface area (Å²) in [6.45, 7) is 2.31. The summed E-state index contributed by atoms with van der Waals surface area (Å²) in [6, 6.07) is 0. The number of aliphatic hydroxyl groups excluding tert-OH is 2. The Hall–Kier alpha value is -5.35. The highest BCUT2D eigenvalue weighted by molar-refractivity contribution is 7.47. The average molecular weight is 1670 g/mol. The number of phosphoric ester groups is 2. The van der Waals surface area contributed by atoms with Gasteiger partial charge in [-0.05, 0) is 148 Å². The van der Waals surface area contributed by atoms with E-state index in [1.54, 1.807) is 0 Å². The summed E-state index contributed by atoms with van der Waals surface area (Å²) in [5, 5.41) is 20.7. The van der Waals surface area contributed by atoms with Gasteiger partial charge in [0.2, 0.25) is 0 Å². The largest absolute Gasteiger partial charge is 0.472 e. The molecule has 117 heavy (non-hydrogen) atoms. The molecule has 0 radical (unpaired) electrons. The number of esters is 3. The van der Waals surface area contributed by atoms with E-state index in [0.717, 1.165) is 141 Å². The van der Waals surface area contributed by atoms with Crippen molar-refractivity contribution >= 4 is 33.6 Å². The van der Waals surface area contributed by atoms with Crippen LogP contribution in [0.3, 0.4) is 0 Å². The minimum atomic E-state index is -4.96. The Bertz CT molecular complexity index is 2860. The second-order valence-corrected chi connectivity index (χ2v) is 33.2. The van der Waals surface area contributed by atoms with Crippen molar-refractivity contribution < 1.29 is 75.8 Å². The molecule has 0 saturated carbocycles. The van der Waals surface area contributed by atoms with E-state index in [2.05, 4.69) is 191 Å². The highest BCUT2D eigenvalue weighted by Crippen LogP contribution is 2.45. The van der Waals surface area contributed by atoms with Crippen LogP contribution >= 0.6 is 15.6 Å². The Morgan fingerprint density at radius 2 is 0.436 bits per heavy atom. The quantitative estimate of drug-likeness (QED) is 0.0146. The van der Waals surface area contributed by atoms with Crippen LogP contribution in [0, 0.1) is 0 Å². The second-order valence-electron chi connectivity index (χ2n) is 30.3. The lowest BCUT2D eigenvalue weighted by molar-refractivity contribution is -0.161. The molecule has 0 amide bonds. The van der Waals surface area contributed by atoms with Crippen LogP contribution in [-0.4, -0.2) is 95.9 Å². The summed E-state index contributed by atoms with van der Waals surface area (Å²) >= 11 is 0. The van der Waals surface area contributed by atoms with E-state index >= 15 is 0 Å². The molecule has 0 aliphatic rings. The number of allylic oxidation sites excluding steroid dienone is 30. The zero-order chi connectivity index (χ0) is 85.1. The van der Waals surface area contributed by atoms with Gasteiger partial charge in [0.15, 0.2) is 6.10 Å². The number of ether oxygens (including phenoxy) is 3. The van der Waals surface area contributed by atoms with Gasteiger partial charge in [0, 0.05) is 19.3 Å². The molecule has 5 atom stereocenters. The first-order chi connectivity index (χ1) is 57.2. The van der Waals surface area contributed by atoms with E-state index in [4.69, 9.17) is 32.3 Å². The Balaban J connectivity index is 4.51. The van der Waals surface area contributed by atoms with Gasteiger partial charge >= 0.3 is 33.6 Å². The molecule has 0 aromatic rings. The third-order valence-corrected chi connectivity index (χ3v) is 21.0. The van der Waals surface area contributed by atoms with Gasteiger partial charge < -0.3 is 34.2 Å². The van der Waals surface area contributed by atoms with Gasteiger partial charge in [0.1, 0.15) is 25.4 Å². The van der Waals surface area contributed by atoms with Gasteiger partial charge in [-0.3, -0.25) is 32.5 Å². The number of rotatable bonds is 86. The molecular formula is C99H166O16P2. The van der Waals surface area contributed by atoms with Crippen molar-refractivity contribution in [3.8, 4) is 0 Å². The fourth-order valence-electron chi connectivity index (χ4n) is 12.3. The van der Waals surface area contributed by atoms with E-state index in [1.165, 1.54) is 161 Å². The van der Waals surface area contributed by atoms with Crippen molar-refractivity contribution in [3.63, 3.8) is 0 Å². The smallest absolute Gasteiger partial charge is 0.463 e. The topological polar surface area (TPSA) is 231 Å². The first-order valence-corrected chi connectivity index (χ1v) is 49.1. The molecule has 5 unspecified atom stereocenters. The SMILES string of the molecule is CC/C=C\C/C=C\C/C=C\C/C=C\C/C=C\CCCCCCCCCCCCCCCCCCCC(=O)OCC(O)COP(=O)(O)OCC(O)COP(=O)(O)OCC(COC(=O)CCCCCCCCCCCCCCCCC/C=C\C/C=C\C/C=C\C/C=C\C/C=C\CC)OC(=O)CCC/C=C\C/C=C\C/C=C\C/C=C\C/C=C\CC. The lowest BCUT2D eigenvalue weighted by Gasteiger charge is -2.21. The fraction of sp³-hybridized carbons (Fsp3) is 0.667. The summed E-state index contributed by atoms with van der Waals surface area (Å²) in [5.41, 5.74) is 0. The summed E-state index contributed by atoms with van der Waals surface area (Å²) in [5.74, 6) is -1.64. The van der Waals surface area contributed by atoms with Crippen molar-refractivity contribution in [1.82, 2.24) is 0 Å². The Kier molecular flexibility index (Phi) is 85.8. The van der Waals surface area contributed by atoms with Gasteiger partial charge in [0.25, 0.3) is 0 Å². The van der Waals surface area contributed by atoms with E-state index < -0.39 is 91.5 Å². The van der Waals surface area contributed by atoms with Crippen molar-refractivity contribution in [2.24, 2.45) is 0 Å². The zero-order valence-electron chi connectivity index (χ0n) is 73.6. The molecule has 0 rings (SSSR count). The molecule has 18 heteroatoms. The lowest BCUT2D eigenvalue weighted by atomic mass is 10.0. The normalized spacial score (nSPS) is 14.6. The first-order valence-electron chi connectivity index (χ1n) is 46.1. The number of hydrogen-bond donors (Lipinski definition) is 4. The molecule has 0 aliphatic heterocycles. The second kappa shape index (κ2) is 89.9. The number of unbranched alkanes of at least 4 members (excludes halogenated alkanes) is 33. The van der Waals surface area contributed by atoms with Crippen molar-refractivity contribution in [1.29, 1.82) is 0 Å². The summed E-state index contributed by atoms with van der Waals surface area (Å²) in [6.07, 6.45) is 118. The van der Waals surface area contributed by atoms with Crippen molar-refractivity contribution in [2.75, 3.05) is 39.6 Å². The fourth-order valence-corrected chi connectivity index (χ4v) is 13.8. The van der Waals surface area contributed by atoms with Crippen LogP contribution in [0.1, 0.15) is 367 Å². The van der Waals surface area contributed by atoms with Crippen LogP contribution in [0.15, 0.2) is 182 Å². The standard InChI is InChI=1S/C99H166O16P2/c1-4-7-10-13-16-19-22-25-28-31-33-35-37-39-41-43-45-46-48-50-51-53-55-57-59-62-64-67-70-73-76-79-82-85-97(102)109-88-94(100)89-111-116(105,106)112-90-95(101)91-113-117(107,108)114-93-96(115-99(104)87-84-81-78-75-72-69-66-61-30-27-24-21-18-15-12-9-6-3)92-110-98(103)86-83-80-77-74-71-68-65-63-60-58-56-54-52-49-47-44-42-40-38-36-34-32-29-26-23-20-17-14-11-8-5-2/h7-12,16-21,25-30,33-36,39-42,66,69,75,78,94-96,100-101H,4-6,13-15,22-24,31-32,37-38,43-65,67-68,70-74,76-77,79-93H2,1-3H3,(H,105,106)(H,107,108)/b10-7-,11-8-,12-9-,19-16-,20-17-,21-18-,28-25-,29-26-,30-27-,35-33-,36-34-,41-39-,42-40-,69-66-,78-75-. The first kappa shape index (κ1) is 112. The number of aliphatic hydroxyl groups is 2. The Morgan fingerprint density at radius 3 is 0.701 bits per heavy atom. The summed E-state index contributed by atoms with van der Waals surface area (Å²) < 4.78 is 61.4. The van der Waals surface area contributed by atoms with Gasteiger partial charge in [-0.15, -0.1) is 0 Å². The van der Waals surface area contributed by atoms with E-state index in [9.17, 15) is 43.5 Å². The van der Waals surface area contributed by atoms with Gasteiger partial charge in [-0.1, -0.05) is 383 Å². The molecule has 0 saturated heterocycles. The van der Waals surface area contributed by atoms with Crippen LogP contribution in [0.25, 0.3) is 0 Å². The Labute approximate surface area is 713 Å². The molecule has 0 fully saturated rings. The van der Waals surface area contributed by atoms with Gasteiger partial charge in [-0.2, -0.15) is 0 Å². The maximum Gasteiger partial charge on any atom is 0.472 e. The summed E-state index contributed by atoms with van der Waals surface area (Å²) in [7, 11) is -9.83. The van der Waals surface area contributed by atoms with Crippen LogP contribution in [0.2, 0.25) is 0 Å².